The van der Waals surface area contributed by atoms with E-state index >= 15 is 0 Å². The molecule has 0 aliphatic carbocycles. The highest BCUT2D eigenvalue weighted by atomic mass is 16.4. The fraction of sp³-hybridized carbons (Fsp3) is 0.500. The van der Waals surface area contributed by atoms with Gasteiger partial charge in [-0.25, -0.2) is 0 Å². The lowest BCUT2D eigenvalue weighted by Gasteiger charge is -2.34. The number of nitrogens with two attached hydrogens (primary N) is 1. The smallest absolute Gasteiger partial charge is 0.172 e. The number of rotatable bonds is 2. The van der Waals surface area contributed by atoms with E-state index in [4.69, 9.17) is 10.9 Å². The molecule has 1 aromatic rings. The second kappa shape index (κ2) is 5.29. The lowest BCUT2D eigenvalue weighted by Crippen LogP contribution is -2.35. The second-order valence-corrected chi connectivity index (χ2v) is 5.20. The minimum Gasteiger partial charge on any atom is -0.409 e. The lowest BCUT2D eigenvalue weighted by atomic mass is 9.98. The Morgan fingerprint density at radius 1 is 1.50 bits per heavy atom. The van der Waals surface area contributed by atoms with Crippen LogP contribution in [0.1, 0.15) is 30.9 Å². The van der Waals surface area contributed by atoms with E-state index in [2.05, 4.69) is 29.1 Å². The standard InChI is InChI=1S/C14H21N3O/c1-10-5-6-13(12(8-10)14(15)16-18)17-7-3-4-11(2)9-17/h5-6,8,11,18H,3-4,7,9H2,1-2H3,(H2,15,16). The summed E-state index contributed by atoms with van der Waals surface area (Å²) in [7, 11) is 0. The van der Waals surface area contributed by atoms with Gasteiger partial charge in [-0.15, -0.1) is 0 Å². The van der Waals surface area contributed by atoms with Crippen molar-refractivity contribution in [1.82, 2.24) is 0 Å². The molecule has 1 fully saturated rings. The van der Waals surface area contributed by atoms with E-state index in [9.17, 15) is 0 Å². The Morgan fingerprint density at radius 3 is 2.94 bits per heavy atom. The van der Waals surface area contributed by atoms with Gasteiger partial charge in [0, 0.05) is 24.3 Å². The van der Waals surface area contributed by atoms with Gasteiger partial charge in [0.05, 0.1) is 0 Å². The van der Waals surface area contributed by atoms with Crippen molar-refractivity contribution in [1.29, 1.82) is 0 Å². The molecule has 1 aliphatic rings. The molecule has 1 saturated heterocycles. The highest BCUT2D eigenvalue weighted by molar-refractivity contribution is 6.02. The van der Waals surface area contributed by atoms with Crippen molar-refractivity contribution in [2.24, 2.45) is 16.8 Å². The van der Waals surface area contributed by atoms with Crippen molar-refractivity contribution < 1.29 is 5.21 Å². The third-order valence-corrected chi connectivity index (χ3v) is 3.53. The first kappa shape index (κ1) is 12.7. The van der Waals surface area contributed by atoms with Gasteiger partial charge in [0.15, 0.2) is 5.84 Å². The number of hydrogen-bond acceptors (Lipinski definition) is 3. The normalized spacial score (nSPS) is 21.1. The zero-order valence-electron chi connectivity index (χ0n) is 11.1. The molecule has 0 aromatic heterocycles. The molecule has 18 heavy (non-hydrogen) atoms. The van der Waals surface area contributed by atoms with E-state index in [1.807, 2.05) is 13.0 Å². The molecule has 1 unspecified atom stereocenters. The zero-order chi connectivity index (χ0) is 13.1. The topological polar surface area (TPSA) is 61.8 Å². The highest BCUT2D eigenvalue weighted by Gasteiger charge is 2.20. The van der Waals surface area contributed by atoms with Gasteiger partial charge in [-0.3, -0.25) is 0 Å². The summed E-state index contributed by atoms with van der Waals surface area (Å²) >= 11 is 0. The molecule has 1 aliphatic heterocycles. The third kappa shape index (κ3) is 2.58. The summed E-state index contributed by atoms with van der Waals surface area (Å²) in [5, 5.41) is 12.0. The predicted octanol–water partition coefficient (Wildman–Crippen LogP) is 2.33. The summed E-state index contributed by atoms with van der Waals surface area (Å²) in [6.45, 7) is 6.36. The fourth-order valence-electron chi connectivity index (χ4n) is 2.59. The first-order valence-electron chi connectivity index (χ1n) is 6.45. The number of aryl methyl sites for hydroxylation is 1. The van der Waals surface area contributed by atoms with Crippen LogP contribution in [0, 0.1) is 12.8 Å². The van der Waals surface area contributed by atoms with Crippen LogP contribution in [0.25, 0.3) is 0 Å². The van der Waals surface area contributed by atoms with Crippen LogP contribution in [0.2, 0.25) is 0 Å². The molecule has 1 aromatic carbocycles. The van der Waals surface area contributed by atoms with E-state index < -0.39 is 0 Å². The largest absolute Gasteiger partial charge is 0.409 e. The molecule has 0 spiro atoms. The molecule has 0 saturated carbocycles. The van der Waals surface area contributed by atoms with Crippen LogP contribution in [0.4, 0.5) is 5.69 Å². The van der Waals surface area contributed by atoms with Gasteiger partial charge in [0.1, 0.15) is 0 Å². The molecule has 3 N–H and O–H groups in total. The summed E-state index contributed by atoms with van der Waals surface area (Å²) < 4.78 is 0. The number of nitrogens with zero attached hydrogens (tertiary/aromatic N) is 2. The molecule has 4 heteroatoms. The van der Waals surface area contributed by atoms with Crippen LogP contribution < -0.4 is 10.6 Å². The molecule has 2 rings (SSSR count). The van der Waals surface area contributed by atoms with Gasteiger partial charge in [0.25, 0.3) is 0 Å². The van der Waals surface area contributed by atoms with E-state index in [1.165, 1.54) is 12.8 Å². The van der Waals surface area contributed by atoms with Crippen molar-refractivity contribution in [2.45, 2.75) is 26.7 Å². The second-order valence-electron chi connectivity index (χ2n) is 5.20. The fourth-order valence-corrected chi connectivity index (χ4v) is 2.59. The quantitative estimate of drug-likeness (QED) is 0.365. The van der Waals surface area contributed by atoms with E-state index in [0.29, 0.717) is 5.92 Å². The SMILES string of the molecule is Cc1ccc(N2CCCC(C)C2)c(/C(N)=N/O)c1. The third-order valence-electron chi connectivity index (χ3n) is 3.53. The lowest BCUT2D eigenvalue weighted by molar-refractivity contribution is 0.318. The Labute approximate surface area is 108 Å². The average molecular weight is 247 g/mol. The van der Waals surface area contributed by atoms with E-state index in [0.717, 1.165) is 29.9 Å². The van der Waals surface area contributed by atoms with Crippen LogP contribution in [0.5, 0.6) is 0 Å². The number of hydrogen-bond donors (Lipinski definition) is 2. The Morgan fingerprint density at radius 2 is 2.28 bits per heavy atom. The van der Waals surface area contributed by atoms with Crippen LogP contribution in [-0.2, 0) is 0 Å². The zero-order valence-corrected chi connectivity index (χ0v) is 11.1. The minimum absolute atomic E-state index is 0.187. The van der Waals surface area contributed by atoms with E-state index in [1.54, 1.807) is 0 Å². The van der Waals surface area contributed by atoms with Crippen molar-refractivity contribution in [2.75, 3.05) is 18.0 Å². The van der Waals surface area contributed by atoms with Crippen LogP contribution in [0.3, 0.4) is 0 Å². The van der Waals surface area contributed by atoms with Crippen molar-refractivity contribution >= 4 is 11.5 Å². The monoisotopic (exact) mass is 247 g/mol. The molecule has 1 atom stereocenters. The molecular weight excluding hydrogens is 226 g/mol. The average Bonchev–Trinajstić information content (AvgIpc) is 2.37. The van der Waals surface area contributed by atoms with Gasteiger partial charge in [-0.1, -0.05) is 23.7 Å². The molecular formula is C14H21N3O. The van der Waals surface area contributed by atoms with Crippen molar-refractivity contribution in [3.8, 4) is 0 Å². The Bertz CT molecular complexity index is 456. The van der Waals surface area contributed by atoms with Gasteiger partial charge in [-0.2, -0.15) is 0 Å². The highest BCUT2D eigenvalue weighted by Crippen LogP contribution is 2.27. The van der Waals surface area contributed by atoms with Crippen LogP contribution >= 0.6 is 0 Å². The maximum Gasteiger partial charge on any atom is 0.172 e. The minimum atomic E-state index is 0.187. The van der Waals surface area contributed by atoms with Crippen molar-refractivity contribution in [3.05, 3.63) is 29.3 Å². The Balaban J connectivity index is 2.37. The van der Waals surface area contributed by atoms with Gasteiger partial charge in [-0.05, 0) is 37.8 Å². The first-order valence-corrected chi connectivity index (χ1v) is 6.45. The van der Waals surface area contributed by atoms with Crippen LogP contribution in [0.15, 0.2) is 23.4 Å². The van der Waals surface area contributed by atoms with Gasteiger partial charge < -0.3 is 15.8 Å². The molecule has 4 nitrogen and oxygen atoms in total. The molecule has 0 amide bonds. The summed E-state index contributed by atoms with van der Waals surface area (Å²) in [5.41, 5.74) is 8.79. The summed E-state index contributed by atoms with van der Waals surface area (Å²) in [6, 6.07) is 6.12. The van der Waals surface area contributed by atoms with Crippen molar-refractivity contribution in [3.63, 3.8) is 0 Å². The summed E-state index contributed by atoms with van der Waals surface area (Å²) in [4.78, 5) is 2.33. The summed E-state index contributed by atoms with van der Waals surface area (Å²) in [6.07, 6.45) is 2.48. The summed E-state index contributed by atoms with van der Waals surface area (Å²) in [5.74, 6) is 0.882. The maximum atomic E-state index is 8.90. The number of oxime groups is 1. The first-order chi connectivity index (χ1) is 8.61. The van der Waals surface area contributed by atoms with Gasteiger partial charge >= 0.3 is 0 Å². The number of benzene rings is 1. The van der Waals surface area contributed by atoms with Crippen LogP contribution in [-0.4, -0.2) is 24.1 Å². The number of amidine groups is 1. The molecule has 0 bridgehead atoms. The van der Waals surface area contributed by atoms with E-state index in [-0.39, 0.29) is 5.84 Å². The Hall–Kier alpha value is -1.71. The van der Waals surface area contributed by atoms with Gasteiger partial charge in [0.2, 0.25) is 0 Å². The Kier molecular flexibility index (Phi) is 3.75. The molecule has 1 heterocycles. The number of anilines is 1. The maximum absolute atomic E-state index is 8.90. The molecule has 98 valence electrons. The predicted molar refractivity (Wildman–Crippen MR) is 74.3 cm³/mol. The number of piperidine rings is 1. The molecule has 0 radical (unpaired) electrons.